The molecule has 1 saturated carbocycles. The standard InChI is InChI=1S/C21H21ClN2O3/c1-13-21(26)24(11-14-2-6-17(22)7-3-14)12-16-10-18(8-9-19(16)27-13)23-20(25)15-4-5-15/h2-3,6-10,13,15H,4-5,11-12H2,1H3,(H,23,25)/t13-/m1/s1. The van der Waals surface area contributed by atoms with Crippen molar-refractivity contribution in [3.8, 4) is 5.75 Å². The van der Waals surface area contributed by atoms with E-state index in [1.165, 1.54) is 0 Å². The van der Waals surface area contributed by atoms with Crippen LogP contribution in [0.25, 0.3) is 0 Å². The minimum absolute atomic E-state index is 0.0620. The third-order valence-corrected chi connectivity index (χ3v) is 5.14. The van der Waals surface area contributed by atoms with Crippen LogP contribution < -0.4 is 10.1 Å². The average molecular weight is 385 g/mol. The van der Waals surface area contributed by atoms with E-state index in [4.69, 9.17) is 16.3 Å². The highest BCUT2D eigenvalue weighted by Gasteiger charge is 2.31. The van der Waals surface area contributed by atoms with E-state index in [1.54, 1.807) is 11.8 Å². The molecule has 1 heterocycles. The first kappa shape index (κ1) is 17.9. The van der Waals surface area contributed by atoms with Gasteiger partial charge in [-0.2, -0.15) is 0 Å². The molecule has 0 bridgehead atoms. The zero-order valence-corrected chi connectivity index (χ0v) is 15.8. The fourth-order valence-corrected chi connectivity index (χ4v) is 3.34. The Balaban J connectivity index is 1.56. The summed E-state index contributed by atoms with van der Waals surface area (Å²) < 4.78 is 5.85. The number of fused-ring (bicyclic) bond motifs is 1. The quantitative estimate of drug-likeness (QED) is 0.866. The zero-order chi connectivity index (χ0) is 19.0. The predicted octanol–water partition coefficient (Wildman–Crippen LogP) is 4.00. The monoisotopic (exact) mass is 384 g/mol. The van der Waals surface area contributed by atoms with Gasteiger partial charge >= 0.3 is 0 Å². The van der Waals surface area contributed by atoms with Gasteiger partial charge in [0.2, 0.25) is 5.91 Å². The summed E-state index contributed by atoms with van der Waals surface area (Å²) in [5.74, 6) is 0.818. The Labute approximate surface area is 163 Å². The highest BCUT2D eigenvalue weighted by molar-refractivity contribution is 6.30. The van der Waals surface area contributed by atoms with E-state index in [1.807, 2.05) is 42.5 Å². The van der Waals surface area contributed by atoms with Crippen LogP contribution in [0, 0.1) is 5.92 Å². The molecule has 2 aliphatic rings. The highest BCUT2D eigenvalue weighted by atomic mass is 35.5. The normalized spacial score (nSPS) is 19.1. The molecule has 1 aliphatic heterocycles. The lowest BCUT2D eigenvalue weighted by atomic mass is 10.1. The van der Waals surface area contributed by atoms with E-state index in [0.717, 1.165) is 29.7 Å². The number of carbonyl (C=O) groups excluding carboxylic acids is 2. The van der Waals surface area contributed by atoms with Crippen molar-refractivity contribution in [2.24, 2.45) is 5.92 Å². The molecule has 6 heteroatoms. The third-order valence-electron chi connectivity index (χ3n) is 4.89. The molecule has 0 radical (unpaired) electrons. The fourth-order valence-electron chi connectivity index (χ4n) is 3.21. The van der Waals surface area contributed by atoms with Gasteiger partial charge < -0.3 is 15.0 Å². The molecule has 0 unspecified atom stereocenters. The van der Waals surface area contributed by atoms with Crippen molar-refractivity contribution in [2.45, 2.75) is 39.0 Å². The van der Waals surface area contributed by atoms with Crippen LogP contribution in [-0.2, 0) is 22.7 Å². The highest BCUT2D eigenvalue weighted by Crippen LogP contribution is 2.32. The van der Waals surface area contributed by atoms with Crippen molar-refractivity contribution in [1.29, 1.82) is 0 Å². The van der Waals surface area contributed by atoms with Crippen molar-refractivity contribution in [1.82, 2.24) is 4.90 Å². The number of hydrogen-bond donors (Lipinski definition) is 1. The molecule has 5 nitrogen and oxygen atoms in total. The lowest BCUT2D eigenvalue weighted by molar-refractivity contribution is -0.138. The van der Waals surface area contributed by atoms with Gasteiger partial charge in [-0.1, -0.05) is 23.7 Å². The van der Waals surface area contributed by atoms with Crippen LogP contribution in [0.4, 0.5) is 5.69 Å². The topological polar surface area (TPSA) is 58.6 Å². The first-order valence-electron chi connectivity index (χ1n) is 9.13. The minimum atomic E-state index is -0.564. The number of hydrogen-bond acceptors (Lipinski definition) is 3. The second-order valence-corrected chi connectivity index (χ2v) is 7.60. The molecule has 1 fully saturated rings. The Morgan fingerprint density at radius 1 is 1.22 bits per heavy atom. The van der Waals surface area contributed by atoms with Gasteiger partial charge in [0.1, 0.15) is 5.75 Å². The molecule has 140 valence electrons. The molecule has 0 aromatic heterocycles. The lowest BCUT2D eigenvalue weighted by Gasteiger charge is -2.22. The largest absolute Gasteiger partial charge is 0.481 e. The number of nitrogens with zero attached hydrogens (tertiary/aromatic N) is 1. The molecular weight excluding hydrogens is 364 g/mol. The third kappa shape index (κ3) is 4.08. The summed E-state index contributed by atoms with van der Waals surface area (Å²) in [4.78, 5) is 26.6. The fraction of sp³-hybridized carbons (Fsp3) is 0.333. The van der Waals surface area contributed by atoms with Gasteiger partial charge in [0, 0.05) is 35.3 Å². The number of rotatable bonds is 4. The molecule has 27 heavy (non-hydrogen) atoms. The van der Waals surface area contributed by atoms with Crippen molar-refractivity contribution >= 4 is 29.1 Å². The first-order chi connectivity index (χ1) is 13.0. The Bertz CT molecular complexity index is 877. The first-order valence-corrected chi connectivity index (χ1v) is 9.51. The van der Waals surface area contributed by atoms with Gasteiger partial charge in [-0.15, -0.1) is 0 Å². The number of carbonyl (C=O) groups is 2. The van der Waals surface area contributed by atoms with E-state index in [2.05, 4.69) is 5.32 Å². The van der Waals surface area contributed by atoms with Crippen LogP contribution >= 0.6 is 11.6 Å². The predicted molar refractivity (Wildman–Crippen MR) is 104 cm³/mol. The van der Waals surface area contributed by atoms with Gasteiger partial charge in [0.25, 0.3) is 5.91 Å². The average Bonchev–Trinajstić information content (AvgIpc) is 3.49. The van der Waals surface area contributed by atoms with Crippen molar-refractivity contribution in [3.05, 3.63) is 58.6 Å². The van der Waals surface area contributed by atoms with Gasteiger partial charge in [0.15, 0.2) is 6.10 Å². The number of ether oxygens (including phenoxy) is 1. The lowest BCUT2D eigenvalue weighted by Crippen LogP contribution is -2.37. The van der Waals surface area contributed by atoms with E-state index in [9.17, 15) is 9.59 Å². The zero-order valence-electron chi connectivity index (χ0n) is 15.1. The number of anilines is 1. The molecule has 1 atom stereocenters. The molecule has 2 aromatic rings. The summed E-state index contributed by atoms with van der Waals surface area (Å²) >= 11 is 5.95. The maximum absolute atomic E-state index is 12.8. The summed E-state index contributed by atoms with van der Waals surface area (Å²) in [6.45, 7) is 2.66. The van der Waals surface area contributed by atoms with Gasteiger partial charge in [0.05, 0.1) is 0 Å². The Morgan fingerprint density at radius 2 is 1.96 bits per heavy atom. The van der Waals surface area contributed by atoms with E-state index in [-0.39, 0.29) is 17.7 Å². The maximum Gasteiger partial charge on any atom is 0.263 e. The molecule has 1 N–H and O–H groups in total. The van der Waals surface area contributed by atoms with E-state index in [0.29, 0.717) is 23.9 Å². The second kappa shape index (κ2) is 7.24. The molecule has 0 spiro atoms. The Morgan fingerprint density at radius 3 is 2.67 bits per heavy atom. The van der Waals surface area contributed by atoms with E-state index < -0.39 is 6.10 Å². The van der Waals surface area contributed by atoms with Crippen LogP contribution in [0.5, 0.6) is 5.75 Å². The number of nitrogens with one attached hydrogen (secondary N) is 1. The molecule has 0 saturated heterocycles. The van der Waals surface area contributed by atoms with Crippen molar-refractivity contribution in [2.75, 3.05) is 5.32 Å². The maximum atomic E-state index is 12.8. The second-order valence-electron chi connectivity index (χ2n) is 7.17. The van der Waals surface area contributed by atoms with Gasteiger partial charge in [-0.25, -0.2) is 0 Å². The summed E-state index contributed by atoms with van der Waals surface area (Å²) in [6.07, 6.45) is 1.35. The van der Waals surface area contributed by atoms with Gasteiger partial charge in [-0.05, 0) is 55.7 Å². The van der Waals surface area contributed by atoms with Crippen LogP contribution in [0.1, 0.15) is 30.9 Å². The number of amides is 2. The van der Waals surface area contributed by atoms with Crippen LogP contribution in [0.2, 0.25) is 5.02 Å². The Kier molecular flexibility index (Phi) is 4.79. The van der Waals surface area contributed by atoms with E-state index >= 15 is 0 Å². The molecule has 1 aliphatic carbocycles. The smallest absolute Gasteiger partial charge is 0.263 e. The van der Waals surface area contributed by atoms with Crippen molar-refractivity contribution < 1.29 is 14.3 Å². The molecule has 2 amide bonds. The summed E-state index contributed by atoms with van der Waals surface area (Å²) in [5, 5.41) is 3.62. The minimum Gasteiger partial charge on any atom is -0.481 e. The van der Waals surface area contributed by atoms with Crippen LogP contribution in [0.15, 0.2) is 42.5 Å². The summed E-state index contributed by atoms with van der Waals surface area (Å²) in [5.41, 5.74) is 2.62. The molecule has 4 rings (SSSR count). The number of benzene rings is 2. The summed E-state index contributed by atoms with van der Waals surface area (Å²) in [6, 6.07) is 13.0. The van der Waals surface area contributed by atoms with Crippen LogP contribution in [0.3, 0.4) is 0 Å². The number of halogens is 1. The van der Waals surface area contributed by atoms with Crippen LogP contribution in [-0.4, -0.2) is 22.8 Å². The SMILES string of the molecule is C[C@H]1Oc2ccc(NC(=O)C3CC3)cc2CN(Cc2ccc(Cl)cc2)C1=O. The van der Waals surface area contributed by atoms with Gasteiger partial charge in [-0.3, -0.25) is 9.59 Å². The summed E-state index contributed by atoms with van der Waals surface area (Å²) in [7, 11) is 0. The molecule has 2 aromatic carbocycles. The molecular formula is C21H21ClN2O3. The Hall–Kier alpha value is -2.53. The van der Waals surface area contributed by atoms with Crippen molar-refractivity contribution in [3.63, 3.8) is 0 Å².